The number of sulfonamides is 1. The summed E-state index contributed by atoms with van der Waals surface area (Å²) >= 11 is 0. The first-order valence-electron chi connectivity index (χ1n) is 11.6. The number of fused-ring (bicyclic) bond motifs is 2. The first-order valence-corrected chi connectivity index (χ1v) is 13.2. The minimum Gasteiger partial charge on any atom is -0.341 e. The van der Waals surface area contributed by atoms with Gasteiger partial charge in [-0.15, -0.1) is 0 Å². The summed E-state index contributed by atoms with van der Waals surface area (Å²) in [5.74, 6) is -0.412. The van der Waals surface area contributed by atoms with Gasteiger partial charge in [0, 0.05) is 25.7 Å². The second-order valence-corrected chi connectivity index (χ2v) is 10.8. The highest BCUT2D eigenvalue weighted by molar-refractivity contribution is 7.90. The highest BCUT2D eigenvalue weighted by Gasteiger charge is 2.26. The van der Waals surface area contributed by atoms with Crippen molar-refractivity contribution >= 4 is 27.6 Å². The van der Waals surface area contributed by atoms with Crippen molar-refractivity contribution in [3.05, 3.63) is 64.2 Å². The van der Waals surface area contributed by atoms with Gasteiger partial charge in [0.05, 0.1) is 5.75 Å². The van der Waals surface area contributed by atoms with Gasteiger partial charge in [0.25, 0.3) is 0 Å². The summed E-state index contributed by atoms with van der Waals surface area (Å²) in [4.78, 5) is 26.5. The second kappa shape index (κ2) is 9.95. The first-order chi connectivity index (χ1) is 15.8. The van der Waals surface area contributed by atoms with Crippen LogP contribution in [0.2, 0.25) is 0 Å². The van der Waals surface area contributed by atoms with E-state index in [1.807, 2.05) is 30.3 Å². The summed E-state index contributed by atoms with van der Waals surface area (Å²) in [6, 6.07) is 11.2. The van der Waals surface area contributed by atoms with E-state index in [1.54, 1.807) is 11.9 Å². The summed E-state index contributed by atoms with van der Waals surface area (Å²) in [7, 11) is -2.14. The van der Waals surface area contributed by atoms with Crippen molar-refractivity contribution < 1.29 is 18.0 Å². The van der Waals surface area contributed by atoms with E-state index in [-0.39, 0.29) is 24.5 Å². The van der Waals surface area contributed by atoms with Crippen LogP contribution in [-0.2, 0) is 47.0 Å². The molecule has 0 unspecified atom stereocenters. The molecule has 2 aromatic rings. The standard InChI is InChI=1S/C25H31N3O4S/c1-28(17-18-8-3-2-4-9-18)23(29)14-7-15-33(31,32)27-25(30)26-24-21-12-5-10-19(21)16-20-11-6-13-22(20)24/h2-4,8-9,16H,5-7,10-15,17H2,1H3,(H2,26,27,30). The molecule has 2 aromatic carbocycles. The third kappa shape index (κ3) is 5.74. The number of benzene rings is 2. The van der Waals surface area contributed by atoms with Gasteiger partial charge in [-0.1, -0.05) is 36.4 Å². The minimum absolute atomic E-state index is 0.103. The lowest BCUT2D eigenvalue weighted by Gasteiger charge is -2.18. The lowest BCUT2D eigenvalue weighted by molar-refractivity contribution is -0.130. The van der Waals surface area contributed by atoms with E-state index in [9.17, 15) is 18.0 Å². The molecule has 8 heteroatoms. The van der Waals surface area contributed by atoms with Crippen LogP contribution in [0.25, 0.3) is 0 Å². The smallest absolute Gasteiger partial charge is 0.332 e. The molecule has 33 heavy (non-hydrogen) atoms. The summed E-state index contributed by atoms with van der Waals surface area (Å²) in [5.41, 5.74) is 6.66. The molecule has 176 valence electrons. The number of amides is 3. The lowest BCUT2D eigenvalue weighted by atomic mass is 9.99. The fourth-order valence-electron chi connectivity index (χ4n) is 4.85. The molecule has 0 aliphatic heterocycles. The Balaban J connectivity index is 1.29. The molecule has 2 aliphatic carbocycles. The van der Waals surface area contributed by atoms with E-state index >= 15 is 0 Å². The summed E-state index contributed by atoms with van der Waals surface area (Å²) in [6.45, 7) is 0.471. The molecule has 4 rings (SSSR count). The molecule has 0 heterocycles. The van der Waals surface area contributed by atoms with Crippen LogP contribution in [0.3, 0.4) is 0 Å². The van der Waals surface area contributed by atoms with Gasteiger partial charge in [0.1, 0.15) is 0 Å². The fraction of sp³-hybridized carbons (Fsp3) is 0.440. The van der Waals surface area contributed by atoms with Crippen molar-refractivity contribution in [3.8, 4) is 0 Å². The average molecular weight is 470 g/mol. The maximum Gasteiger partial charge on any atom is 0.332 e. The number of hydrogen-bond donors (Lipinski definition) is 2. The SMILES string of the molecule is CN(Cc1ccccc1)C(=O)CCCS(=O)(=O)NC(=O)Nc1c2c(cc3c1CCC3)CCC2. The van der Waals surface area contributed by atoms with Gasteiger partial charge in [-0.25, -0.2) is 17.9 Å². The van der Waals surface area contributed by atoms with E-state index in [0.29, 0.717) is 6.54 Å². The molecule has 0 fully saturated rings. The molecule has 2 N–H and O–H groups in total. The number of anilines is 1. The van der Waals surface area contributed by atoms with Gasteiger partial charge < -0.3 is 10.2 Å². The molecule has 0 radical (unpaired) electrons. The molecule has 2 aliphatic rings. The average Bonchev–Trinajstić information content (AvgIpc) is 3.43. The number of aryl methyl sites for hydroxylation is 2. The quantitative estimate of drug-likeness (QED) is 0.618. The van der Waals surface area contributed by atoms with Crippen LogP contribution in [0.5, 0.6) is 0 Å². The number of nitrogens with zero attached hydrogens (tertiary/aromatic N) is 1. The Bertz CT molecular complexity index is 1110. The summed E-state index contributed by atoms with van der Waals surface area (Å²) in [6.07, 6.45) is 6.18. The molecule has 0 spiro atoms. The second-order valence-electron chi connectivity index (χ2n) is 8.95. The molecule has 0 saturated heterocycles. The third-order valence-corrected chi connectivity index (χ3v) is 7.77. The first kappa shape index (κ1) is 23.3. The van der Waals surface area contributed by atoms with Crippen molar-refractivity contribution in [2.24, 2.45) is 0 Å². The van der Waals surface area contributed by atoms with Crippen LogP contribution in [0.15, 0.2) is 36.4 Å². The molecule has 7 nitrogen and oxygen atoms in total. The van der Waals surface area contributed by atoms with E-state index in [2.05, 4.69) is 16.1 Å². The Morgan fingerprint density at radius 2 is 1.61 bits per heavy atom. The van der Waals surface area contributed by atoms with E-state index in [0.717, 1.165) is 60.9 Å². The largest absolute Gasteiger partial charge is 0.341 e. The van der Waals surface area contributed by atoms with Crippen molar-refractivity contribution in [1.29, 1.82) is 0 Å². The Hall–Kier alpha value is -2.87. The Morgan fingerprint density at radius 1 is 0.970 bits per heavy atom. The van der Waals surface area contributed by atoms with Crippen molar-refractivity contribution in [2.75, 3.05) is 18.1 Å². The van der Waals surface area contributed by atoms with Crippen LogP contribution < -0.4 is 10.0 Å². The van der Waals surface area contributed by atoms with Crippen LogP contribution >= 0.6 is 0 Å². The van der Waals surface area contributed by atoms with Crippen LogP contribution in [0.1, 0.15) is 53.5 Å². The van der Waals surface area contributed by atoms with Crippen LogP contribution in [0.4, 0.5) is 10.5 Å². The third-order valence-electron chi connectivity index (χ3n) is 6.45. The van der Waals surface area contributed by atoms with E-state index < -0.39 is 16.1 Å². The van der Waals surface area contributed by atoms with Gasteiger partial charge >= 0.3 is 6.03 Å². The number of carbonyl (C=O) groups excluding carboxylic acids is 2. The molecular formula is C25H31N3O4S. The van der Waals surface area contributed by atoms with Gasteiger partial charge in [-0.3, -0.25) is 4.79 Å². The van der Waals surface area contributed by atoms with Crippen molar-refractivity contribution in [1.82, 2.24) is 9.62 Å². The Morgan fingerprint density at radius 3 is 2.24 bits per heavy atom. The van der Waals surface area contributed by atoms with Gasteiger partial charge in [-0.2, -0.15) is 0 Å². The number of carbonyl (C=O) groups is 2. The Kier molecular flexibility index (Phi) is 7.02. The maximum atomic E-state index is 12.6. The van der Waals surface area contributed by atoms with Crippen LogP contribution in [-0.4, -0.2) is 38.1 Å². The fourth-order valence-corrected chi connectivity index (χ4v) is 5.81. The van der Waals surface area contributed by atoms with E-state index in [1.165, 1.54) is 11.1 Å². The van der Waals surface area contributed by atoms with Crippen molar-refractivity contribution in [3.63, 3.8) is 0 Å². The highest BCUT2D eigenvalue weighted by atomic mass is 32.2. The normalized spacial score (nSPS) is 14.5. The molecule has 3 amide bonds. The molecule has 0 atom stereocenters. The highest BCUT2D eigenvalue weighted by Crippen LogP contribution is 2.38. The minimum atomic E-state index is -3.84. The van der Waals surface area contributed by atoms with Crippen molar-refractivity contribution in [2.45, 2.75) is 57.9 Å². The zero-order chi connectivity index (χ0) is 23.4. The van der Waals surface area contributed by atoms with Gasteiger partial charge in [0.2, 0.25) is 15.9 Å². The predicted octanol–water partition coefficient (Wildman–Crippen LogP) is 3.55. The maximum absolute atomic E-state index is 12.6. The molecule has 0 saturated carbocycles. The van der Waals surface area contributed by atoms with E-state index in [4.69, 9.17) is 0 Å². The van der Waals surface area contributed by atoms with Gasteiger partial charge in [0.15, 0.2) is 0 Å². The molecule has 0 aromatic heterocycles. The summed E-state index contributed by atoms with van der Waals surface area (Å²) < 4.78 is 27.0. The Labute approximate surface area is 195 Å². The zero-order valence-corrected chi connectivity index (χ0v) is 19.8. The number of urea groups is 1. The van der Waals surface area contributed by atoms with Gasteiger partial charge in [-0.05, 0) is 72.8 Å². The number of nitrogens with one attached hydrogen (secondary N) is 2. The topological polar surface area (TPSA) is 95.6 Å². The molecular weight excluding hydrogens is 438 g/mol. The summed E-state index contributed by atoms with van der Waals surface area (Å²) in [5, 5.41) is 2.84. The lowest BCUT2D eigenvalue weighted by Crippen LogP contribution is -2.36. The predicted molar refractivity (Wildman–Crippen MR) is 129 cm³/mol. The monoisotopic (exact) mass is 469 g/mol. The van der Waals surface area contributed by atoms with Crippen LogP contribution in [0, 0.1) is 0 Å². The molecule has 0 bridgehead atoms. The number of rotatable bonds is 8. The zero-order valence-electron chi connectivity index (χ0n) is 19.0. The number of hydrogen-bond acceptors (Lipinski definition) is 4.